The molecule has 7 nitrogen and oxygen atoms in total. The molecule has 2 heterocycles. The third-order valence-electron chi connectivity index (χ3n) is 3.16. The minimum atomic E-state index is -0.260. The van der Waals surface area contributed by atoms with Gasteiger partial charge in [0, 0.05) is 18.0 Å². The van der Waals surface area contributed by atoms with Crippen molar-refractivity contribution in [1.82, 2.24) is 25.4 Å². The van der Waals surface area contributed by atoms with Crippen LogP contribution in [0.4, 0.5) is 0 Å². The van der Waals surface area contributed by atoms with Crippen molar-refractivity contribution in [3.05, 3.63) is 54.4 Å². The van der Waals surface area contributed by atoms with Crippen molar-refractivity contribution >= 4 is 22.7 Å². The lowest BCUT2D eigenvalue weighted by Gasteiger charge is -2.03. The van der Waals surface area contributed by atoms with Gasteiger partial charge in [0.25, 0.3) is 5.91 Å². The van der Waals surface area contributed by atoms with Crippen molar-refractivity contribution in [1.29, 1.82) is 0 Å². The molecule has 2 aromatic heterocycles. The number of pyridine rings is 1. The number of fused-ring (bicyclic) bond motifs is 1. The monoisotopic (exact) mass is 294 g/mol. The number of hydrogen-bond acceptors (Lipinski definition) is 5. The molecule has 0 bridgehead atoms. The van der Waals surface area contributed by atoms with Gasteiger partial charge in [0.05, 0.1) is 11.2 Å². The Kier molecular flexibility index (Phi) is 3.86. The molecular formula is C15H14N6O. The minimum Gasteiger partial charge on any atom is -0.271 e. The maximum absolute atomic E-state index is 12.0. The standard InChI is InChI=1S/C15H14N6O/c1-11(12-6-8-16-9-7-12)17-19-15(22)10-21-14-5-3-2-4-13(14)18-20-21/h2-9H,10H2,1H3,(H,19,22)/b17-11-. The molecule has 0 aliphatic rings. The predicted molar refractivity (Wildman–Crippen MR) is 82.1 cm³/mol. The number of nitrogens with one attached hydrogen (secondary N) is 1. The van der Waals surface area contributed by atoms with Crippen molar-refractivity contribution < 1.29 is 4.79 Å². The largest absolute Gasteiger partial charge is 0.271 e. The zero-order valence-corrected chi connectivity index (χ0v) is 12.0. The number of carbonyl (C=O) groups excluding carboxylic acids is 1. The zero-order chi connectivity index (χ0) is 15.4. The van der Waals surface area contributed by atoms with E-state index < -0.39 is 0 Å². The van der Waals surface area contributed by atoms with Gasteiger partial charge in [-0.05, 0) is 31.2 Å². The Bertz CT molecular complexity index is 824. The first-order valence-corrected chi connectivity index (χ1v) is 6.76. The van der Waals surface area contributed by atoms with Crippen LogP contribution in [-0.4, -0.2) is 31.6 Å². The van der Waals surface area contributed by atoms with Gasteiger partial charge in [-0.2, -0.15) is 5.10 Å². The number of nitrogens with zero attached hydrogens (tertiary/aromatic N) is 5. The molecule has 0 saturated heterocycles. The summed E-state index contributed by atoms with van der Waals surface area (Å²) in [6, 6.07) is 11.1. The second-order valence-electron chi connectivity index (χ2n) is 4.70. The fourth-order valence-corrected chi connectivity index (χ4v) is 2.01. The molecule has 0 radical (unpaired) electrons. The summed E-state index contributed by atoms with van der Waals surface area (Å²) in [7, 11) is 0. The first-order chi connectivity index (χ1) is 10.7. The Morgan fingerprint density at radius 3 is 2.82 bits per heavy atom. The highest BCUT2D eigenvalue weighted by molar-refractivity contribution is 5.99. The van der Waals surface area contributed by atoms with Crippen molar-refractivity contribution in [3.63, 3.8) is 0 Å². The maximum Gasteiger partial charge on any atom is 0.261 e. The number of para-hydroxylation sites is 1. The lowest BCUT2D eigenvalue weighted by Crippen LogP contribution is -2.24. The van der Waals surface area contributed by atoms with Gasteiger partial charge in [-0.15, -0.1) is 5.10 Å². The molecule has 7 heteroatoms. The summed E-state index contributed by atoms with van der Waals surface area (Å²) >= 11 is 0. The molecule has 1 aromatic carbocycles. The van der Waals surface area contributed by atoms with E-state index in [0.29, 0.717) is 5.71 Å². The normalized spacial score (nSPS) is 11.6. The molecular weight excluding hydrogens is 280 g/mol. The molecule has 0 aliphatic heterocycles. The second-order valence-corrected chi connectivity index (χ2v) is 4.70. The predicted octanol–water partition coefficient (Wildman–Crippen LogP) is 1.37. The van der Waals surface area contributed by atoms with Gasteiger partial charge in [-0.3, -0.25) is 9.78 Å². The summed E-state index contributed by atoms with van der Waals surface area (Å²) in [5.74, 6) is -0.260. The molecule has 0 saturated carbocycles. The van der Waals surface area contributed by atoms with E-state index in [0.717, 1.165) is 16.6 Å². The van der Waals surface area contributed by atoms with E-state index in [1.165, 1.54) is 0 Å². The first-order valence-electron chi connectivity index (χ1n) is 6.76. The van der Waals surface area contributed by atoms with E-state index in [1.807, 2.05) is 43.3 Å². The average Bonchev–Trinajstić information content (AvgIpc) is 2.97. The van der Waals surface area contributed by atoms with Crippen LogP contribution in [0.3, 0.4) is 0 Å². The first kappa shape index (κ1) is 13.9. The average molecular weight is 294 g/mol. The van der Waals surface area contributed by atoms with Crippen LogP contribution < -0.4 is 5.43 Å². The lowest BCUT2D eigenvalue weighted by molar-refractivity contribution is -0.121. The fraction of sp³-hybridized carbons (Fsp3) is 0.133. The van der Waals surface area contributed by atoms with Gasteiger partial charge in [0.2, 0.25) is 0 Å². The Morgan fingerprint density at radius 2 is 2.00 bits per heavy atom. The summed E-state index contributed by atoms with van der Waals surface area (Å²) in [6.45, 7) is 1.88. The quantitative estimate of drug-likeness (QED) is 0.581. The summed E-state index contributed by atoms with van der Waals surface area (Å²) in [5, 5.41) is 12.1. The third-order valence-corrected chi connectivity index (χ3v) is 3.16. The van der Waals surface area contributed by atoms with E-state index in [-0.39, 0.29) is 12.5 Å². The van der Waals surface area contributed by atoms with E-state index in [9.17, 15) is 4.79 Å². The van der Waals surface area contributed by atoms with Crippen LogP contribution in [0.1, 0.15) is 12.5 Å². The molecule has 0 spiro atoms. The van der Waals surface area contributed by atoms with Crippen LogP contribution >= 0.6 is 0 Å². The SMILES string of the molecule is C/C(=N/NC(=O)Cn1nnc2ccccc21)c1ccncc1. The Morgan fingerprint density at radius 1 is 1.23 bits per heavy atom. The van der Waals surface area contributed by atoms with E-state index in [1.54, 1.807) is 17.1 Å². The molecule has 0 fully saturated rings. The van der Waals surface area contributed by atoms with Crippen molar-refractivity contribution in [2.75, 3.05) is 0 Å². The van der Waals surface area contributed by atoms with Crippen LogP contribution in [-0.2, 0) is 11.3 Å². The molecule has 3 rings (SSSR count). The number of aromatic nitrogens is 4. The number of hydrogen-bond donors (Lipinski definition) is 1. The highest BCUT2D eigenvalue weighted by atomic mass is 16.2. The van der Waals surface area contributed by atoms with Crippen molar-refractivity contribution in [3.8, 4) is 0 Å². The van der Waals surface area contributed by atoms with Gasteiger partial charge < -0.3 is 0 Å². The van der Waals surface area contributed by atoms with Crippen molar-refractivity contribution in [2.24, 2.45) is 5.10 Å². The van der Waals surface area contributed by atoms with Crippen LogP contribution in [0, 0.1) is 0 Å². The summed E-state index contributed by atoms with van der Waals surface area (Å²) in [6.07, 6.45) is 3.36. The highest BCUT2D eigenvalue weighted by Crippen LogP contribution is 2.09. The fourth-order valence-electron chi connectivity index (χ4n) is 2.01. The van der Waals surface area contributed by atoms with Gasteiger partial charge in [0.15, 0.2) is 0 Å². The van der Waals surface area contributed by atoms with Gasteiger partial charge in [-0.25, -0.2) is 10.1 Å². The smallest absolute Gasteiger partial charge is 0.261 e. The summed E-state index contributed by atoms with van der Waals surface area (Å²) < 4.78 is 1.54. The van der Waals surface area contributed by atoms with Crippen LogP contribution in [0.2, 0.25) is 0 Å². The second kappa shape index (κ2) is 6.13. The molecule has 22 heavy (non-hydrogen) atoms. The van der Waals surface area contributed by atoms with E-state index in [2.05, 4.69) is 25.8 Å². The van der Waals surface area contributed by atoms with Gasteiger partial charge in [0.1, 0.15) is 12.1 Å². The zero-order valence-electron chi connectivity index (χ0n) is 12.0. The van der Waals surface area contributed by atoms with Gasteiger partial charge >= 0.3 is 0 Å². The topological polar surface area (TPSA) is 85.1 Å². The summed E-state index contributed by atoms with van der Waals surface area (Å²) in [4.78, 5) is 15.9. The number of carbonyl (C=O) groups is 1. The third kappa shape index (κ3) is 2.98. The molecule has 1 amide bonds. The number of hydrazone groups is 1. The van der Waals surface area contributed by atoms with Crippen molar-refractivity contribution in [2.45, 2.75) is 13.5 Å². The summed E-state index contributed by atoms with van der Waals surface area (Å²) in [5.41, 5.74) is 5.70. The Balaban J connectivity index is 1.68. The highest BCUT2D eigenvalue weighted by Gasteiger charge is 2.08. The number of benzene rings is 1. The number of amides is 1. The molecule has 0 unspecified atom stereocenters. The van der Waals surface area contributed by atoms with Crippen LogP contribution in [0.25, 0.3) is 11.0 Å². The Labute approximate surface area is 126 Å². The molecule has 1 N–H and O–H groups in total. The van der Waals surface area contributed by atoms with Crippen LogP contribution in [0.5, 0.6) is 0 Å². The van der Waals surface area contributed by atoms with E-state index >= 15 is 0 Å². The molecule has 0 atom stereocenters. The maximum atomic E-state index is 12.0. The number of rotatable bonds is 4. The minimum absolute atomic E-state index is 0.0631. The molecule has 110 valence electrons. The molecule has 0 aliphatic carbocycles. The van der Waals surface area contributed by atoms with Crippen LogP contribution in [0.15, 0.2) is 53.9 Å². The Hall–Kier alpha value is -3.09. The van der Waals surface area contributed by atoms with Gasteiger partial charge in [-0.1, -0.05) is 17.3 Å². The van der Waals surface area contributed by atoms with E-state index in [4.69, 9.17) is 0 Å². The molecule has 3 aromatic rings. The lowest BCUT2D eigenvalue weighted by atomic mass is 10.2.